The number of nitrogens with one attached hydrogen (secondary N) is 2. The van der Waals surface area contributed by atoms with E-state index >= 15 is 0 Å². The van der Waals surface area contributed by atoms with Crippen molar-refractivity contribution in [2.24, 2.45) is 4.99 Å². The molecule has 3 heterocycles. The van der Waals surface area contributed by atoms with Crippen molar-refractivity contribution in [1.29, 1.82) is 0 Å². The van der Waals surface area contributed by atoms with Crippen LogP contribution < -0.4 is 10.6 Å². The van der Waals surface area contributed by atoms with Gasteiger partial charge < -0.3 is 25.2 Å². The van der Waals surface area contributed by atoms with Crippen LogP contribution in [0.5, 0.6) is 0 Å². The number of rotatable bonds is 7. The Bertz CT molecular complexity index is 1320. The Labute approximate surface area is 230 Å². The summed E-state index contributed by atoms with van der Waals surface area (Å²) in [7, 11) is 1.22. The molecule has 1 saturated heterocycles. The number of nitrogens with zero attached hydrogens (tertiary/aromatic N) is 2. The molecule has 0 aliphatic carbocycles. The van der Waals surface area contributed by atoms with E-state index in [0.29, 0.717) is 29.6 Å². The standard InChI is InChI=1S/C23H20Br2F2N4O5S/c1-35-23(34)17-13(6-24)30-21(31-20(17)11-3-4-12(26)19(27)18(11)25)22-29-9-15(37-22)14-8-28-7-10(36-14)2-5-16(32)33/h2-5,9-10,14,20,28H,6-8H2,1H3,(H,30,31)(H,32,33)/b5-2+/t10-,14?,20+/m1/s1. The number of esters is 1. The molecule has 2 aromatic rings. The van der Waals surface area contributed by atoms with Gasteiger partial charge in [-0.25, -0.2) is 23.4 Å². The van der Waals surface area contributed by atoms with Gasteiger partial charge in [0, 0.05) is 36.4 Å². The van der Waals surface area contributed by atoms with E-state index in [0.717, 1.165) is 17.0 Å². The average Bonchev–Trinajstić information content (AvgIpc) is 3.40. The Balaban J connectivity index is 1.69. The highest BCUT2D eigenvalue weighted by molar-refractivity contribution is 9.10. The molecule has 3 atom stereocenters. The SMILES string of the molecule is COC(=O)C1=C(CBr)NC(c2ncc(C3CNC[C@@H](/C=C/C(=O)O)O3)s2)=N[C@H]1c1ccc(F)c(F)c1Br. The molecular weight excluding hydrogens is 642 g/mol. The Kier molecular flexibility index (Phi) is 8.85. The van der Waals surface area contributed by atoms with Gasteiger partial charge in [-0.15, -0.1) is 11.3 Å². The number of benzene rings is 1. The quantitative estimate of drug-likeness (QED) is 0.178. The summed E-state index contributed by atoms with van der Waals surface area (Å²) in [5.41, 5.74) is 0.811. The molecule has 3 N–H and O–H groups in total. The van der Waals surface area contributed by atoms with Gasteiger partial charge in [0.2, 0.25) is 0 Å². The van der Waals surface area contributed by atoms with Crippen molar-refractivity contribution in [2.75, 3.05) is 25.5 Å². The van der Waals surface area contributed by atoms with Crippen molar-refractivity contribution in [3.8, 4) is 0 Å². The fourth-order valence-electron chi connectivity index (χ4n) is 3.82. The van der Waals surface area contributed by atoms with E-state index in [-0.39, 0.29) is 27.0 Å². The zero-order valence-electron chi connectivity index (χ0n) is 19.1. The summed E-state index contributed by atoms with van der Waals surface area (Å²) in [6, 6.07) is 1.32. The number of aromatic nitrogens is 1. The second kappa shape index (κ2) is 11.9. The number of carbonyl (C=O) groups is 2. The minimum atomic E-state index is -1.10. The smallest absolute Gasteiger partial charge is 0.338 e. The molecule has 2 aliphatic heterocycles. The fourth-order valence-corrected chi connectivity index (χ4v) is 5.70. The molecule has 14 heteroatoms. The molecule has 0 spiro atoms. The highest BCUT2D eigenvalue weighted by atomic mass is 79.9. The van der Waals surface area contributed by atoms with E-state index in [2.05, 4.69) is 52.5 Å². The zero-order chi connectivity index (χ0) is 26.7. The third-order valence-electron chi connectivity index (χ3n) is 5.54. The molecule has 1 aromatic heterocycles. The highest BCUT2D eigenvalue weighted by Crippen LogP contribution is 2.38. The second-order valence-corrected chi connectivity index (χ2v) is 10.3. The molecule has 0 radical (unpaired) electrons. The first-order valence-electron chi connectivity index (χ1n) is 10.8. The lowest BCUT2D eigenvalue weighted by Crippen LogP contribution is -2.39. The highest BCUT2D eigenvalue weighted by Gasteiger charge is 2.35. The molecule has 4 rings (SSSR count). The molecule has 196 valence electrons. The van der Waals surface area contributed by atoms with E-state index in [1.807, 2.05) is 0 Å². The van der Waals surface area contributed by atoms with Crippen LogP contribution in [0.15, 0.2) is 51.2 Å². The van der Waals surface area contributed by atoms with Crippen molar-refractivity contribution in [3.63, 3.8) is 0 Å². The van der Waals surface area contributed by atoms with Crippen LogP contribution in [0.25, 0.3) is 0 Å². The van der Waals surface area contributed by atoms with E-state index in [4.69, 9.17) is 14.6 Å². The van der Waals surface area contributed by atoms with Crippen LogP contribution in [-0.2, 0) is 19.1 Å². The molecule has 1 aromatic carbocycles. The van der Waals surface area contributed by atoms with Gasteiger partial charge in [0.25, 0.3) is 0 Å². The minimum Gasteiger partial charge on any atom is -0.478 e. The third-order valence-corrected chi connectivity index (χ3v) is 8.00. The number of morpholine rings is 1. The number of alkyl halides is 1. The van der Waals surface area contributed by atoms with Gasteiger partial charge in [0.05, 0.1) is 28.1 Å². The number of hydrogen-bond acceptors (Lipinski definition) is 9. The first kappa shape index (κ1) is 27.5. The number of thiazole rings is 1. The van der Waals surface area contributed by atoms with Crippen LogP contribution in [0.3, 0.4) is 0 Å². The van der Waals surface area contributed by atoms with Crippen molar-refractivity contribution in [1.82, 2.24) is 15.6 Å². The maximum Gasteiger partial charge on any atom is 0.338 e. The maximum absolute atomic E-state index is 14.4. The van der Waals surface area contributed by atoms with Crippen molar-refractivity contribution >= 4 is 61.0 Å². The summed E-state index contributed by atoms with van der Waals surface area (Å²) >= 11 is 7.76. The van der Waals surface area contributed by atoms with Crippen molar-refractivity contribution < 1.29 is 33.0 Å². The lowest BCUT2D eigenvalue weighted by atomic mass is 9.96. The first-order chi connectivity index (χ1) is 17.7. The lowest BCUT2D eigenvalue weighted by molar-refractivity contribution is -0.136. The number of hydrogen-bond donors (Lipinski definition) is 3. The summed E-state index contributed by atoms with van der Waals surface area (Å²) in [6.07, 6.45) is 3.35. The number of aliphatic imine (C=N–C) groups is 1. The molecule has 0 saturated carbocycles. The van der Waals surface area contributed by atoms with E-state index in [1.54, 1.807) is 6.20 Å². The van der Waals surface area contributed by atoms with Gasteiger partial charge in [0.1, 0.15) is 12.1 Å². The summed E-state index contributed by atoms with van der Waals surface area (Å²) in [6.45, 7) is 0.975. The maximum atomic E-state index is 14.4. The van der Waals surface area contributed by atoms with Crippen LogP contribution >= 0.6 is 43.2 Å². The van der Waals surface area contributed by atoms with Gasteiger partial charge in [0.15, 0.2) is 22.5 Å². The molecule has 0 amide bonds. The minimum absolute atomic E-state index is 0.138. The number of ether oxygens (including phenoxy) is 2. The normalized spacial score (nSPS) is 22.1. The Morgan fingerprint density at radius 1 is 1.35 bits per heavy atom. The fraction of sp³-hybridized carbons (Fsp3) is 0.304. The third kappa shape index (κ3) is 5.98. The topological polar surface area (TPSA) is 122 Å². The van der Waals surface area contributed by atoms with Crippen LogP contribution in [0, 0.1) is 11.6 Å². The lowest BCUT2D eigenvalue weighted by Gasteiger charge is -2.28. The average molecular weight is 662 g/mol. The number of carbonyl (C=O) groups excluding carboxylic acids is 1. The van der Waals surface area contributed by atoms with Gasteiger partial charge in [-0.3, -0.25) is 4.99 Å². The molecule has 9 nitrogen and oxygen atoms in total. The van der Waals surface area contributed by atoms with Crippen molar-refractivity contribution in [2.45, 2.75) is 18.2 Å². The van der Waals surface area contributed by atoms with E-state index < -0.39 is 35.7 Å². The van der Waals surface area contributed by atoms with E-state index in [1.165, 1.54) is 30.6 Å². The first-order valence-corrected chi connectivity index (χ1v) is 13.6. The summed E-state index contributed by atoms with van der Waals surface area (Å²) in [5.74, 6) is -3.54. The number of allylic oxidation sites excluding steroid dienone is 1. The van der Waals surface area contributed by atoms with E-state index in [9.17, 15) is 18.4 Å². The van der Waals surface area contributed by atoms with Crippen molar-refractivity contribution in [3.05, 3.63) is 73.3 Å². The van der Waals surface area contributed by atoms with Crippen LogP contribution in [0.2, 0.25) is 0 Å². The second-order valence-electron chi connectivity index (χ2n) is 7.87. The number of carboxylic acid groups (broad SMARTS) is 1. The molecular formula is C23H20Br2F2N4O5S. The predicted octanol–water partition coefficient (Wildman–Crippen LogP) is 3.77. The predicted molar refractivity (Wildman–Crippen MR) is 139 cm³/mol. The Morgan fingerprint density at radius 2 is 2.14 bits per heavy atom. The van der Waals surface area contributed by atoms with Crippen LogP contribution in [-0.4, -0.2) is 59.5 Å². The molecule has 0 bridgehead atoms. The van der Waals surface area contributed by atoms with Gasteiger partial charge in [-0.1, -0.05) is 22.0 Å². The number of aliphatic carboxylic acids is 1. The molecule has 1 fully saturated rings. The monoisotopic (exact) mass is 660 g/mol. The molecule has 1 unspecified atom stereocenters. The summed E-state index contributed by atoms with van der Waals surface area (Å²) in [4.78, 5) is 33.4. The Morgan fingerprint density at radius 3 is 2.84 bits per heavy atom. The number of amidine groups is 1. The summed E-state index contributed by atoms with van der Waals surface area (Å²) < 4.78 is 39.0. The van der Waals surface area contributed by atoms with Gasteiger partial charge in [-0.2, -0.15) is 0 Å². The van der Waals surface area contributed by atoms with Gasteiger partial charge in [-0.05, 0) is 33.6 Å². The number of methoxy groups -OCH3 is 1. The van der Waals surface area contributed by atoms with Crippen LogP contribution in [0.4, 0.5) is 8.78 Å². The zero-order valence-corrected chi connectivity index (χ0v) is 23.1. The number of halogens is 4. The molecule has 2 aliphatic rings. The largest absolute Gasteiger partial charge is 0.478 e. The number of carboxylic acids is 1. The van der Waals surface area contributed by atoms with Crippen LogP contribution in [0.1, 0.15) is 27.6 Å². The molecule has 37 heavy (non-hydrogen) atoms. The summed E-state index contributed by atoms with van der Waals surface area (Å²) in [5, 5.41) is 15.9. The Hall–Kier alpha value is -2.52. The van der Waals surface area contributed by atoms with Gasteiger partial charge >= 0.3 is 11.9 Å².